The second kappa shape index (κ2) is 9.81. The molecule has 170 valence electrons. The summed E-state index contributed by atoms with van der Waals surface area (Å²) in [5.74, 6) is 0.420. The summed E-state index contributed by atoms with van der Waals surface area (Å²) >= 11 is 1.28. The second-order valence-electron chi connectivity index (χ2n) is 8.24. The fourth-order valence-corrected chi connectivity index (χ4v) is 5.28. The minimum Gasteiger partial charge on any atom is -0.397 e. The Morgan fingerprint density at radius 2 is 2.06 bits per heavy atom. The van der Waals surface area contributed by atoms with Crippen LogP contribution < -0.4 is 21.7 Å². The van der Waals surface area contributed by atoms with Crippen molar-refractivity contribution in [1.82, 2.24) is 15.3 Å². The van der Waals surface area contributed by atoms with Crippen LogP contribution in [0, 0.1) is 0 Å². The van der Waals surface area contributed by atoms with Crippen LogP contribution in [-0.4, -0.2) is 46.7 Å². The quantitative estimate of drug-likeness (QED) is 0.411. The Hall–Kier alpha value is -2.75. The molecule has 0 bridgehead atoms. The van der Waals surface area contributed by atoms with Crippen molar-refractivity contribution in [2.75, 3.05) is 30.3 Å². The highest BCUT2D eigenvalue weighted by molar-refractivity contribution is 7.21. The number of carbonyl (C=O) groups is 1. The molecular formula is C23H30N6O2S. The molecule has 0 aromatic carbocycles. The van der Waals surface area contributed by atoms with Crippen molar-refractivity contribution in [3.05, 3.63) is 46.6 Å². The van der Waals surface area contributed by atoms with Crippen molar-refractivity contribution < 1.29 is 9.90 Å². The summed E-state index contributed by atoms with van der Waals surface area (Å²) < 4.78 is 0. The molecule has 4 heterocycles. The van der Waals surface area contributed by atoms with Gasteiger partial charge in [0, 0.05) is 43.5 Å². The topological polar surface area (TPSA) is 130 Å². The minimum absolute atomic E-state index is 0.348. The van der Waals surface area contributed by atoms with Crippen LogP contribution in [0.3, 0.4) is 0 Å². The van der Waals surface area contributed by atoms with Crippen molar-refractivity contribution in [1.29, 1.82) is 0 Å². The van der Waals surface area contributed by atoms with E-state index in [9.17, 15) is 9.90 Å². The number of rotatable bonds is 8. The SMILES string of the molecule is CCCc1cc(N2CCC(NCC(O)c3ccncc3)CC2)nc2sc(C(N)=O)c(N)c12. The standard InChI is InChI=1S/C23H30N6O2S/c1-2-3-15-12-18(28-23-19(15)20(24)21(32-23)22(25)31)29-10-6-16(7-11-29)27-13-17(30)14-4-8-26-9-5-14/h4-5,8-9,12,16-17,27,30H,2-3,6-7,10-11,13,24H2,1H3,(H2,25,31). The fourth-order valence-electron chi connectivity index (χ4n) is 4.29. The Labute approximate surface area is 191 Å². The molecule has 32 heavy (non-hydrogen) atoms. The van der Waals surface area contributed by atoms with Crippen LogP contribution >= 0.6 is 11.3 Å². The normalized spacial score (nSPS) is 15.9. The number of nitrogens with one attached hydrogen (secondary N) is 1. The molecule has 0 saturated carbocycles. The third-order valence-electron chi connectivity index (χ3n) is 6.02. The first-order chi connectivity index (χ1) is 15.5. The average molecular weight is 455 g/mol. The Morgan fingerprint density at radius 3 is 2.72 bits per heavy atom. The number of fused-ring (bicyclic) bond motifs is 1. The third kappa shape index (κ3) is 4.69. The molecule has 0 aliphatic carbocycles. The number of amides is 1. The molecule has 1 aliphatic rings. The van der Waals surface area contributed by atoms with E-state index in [0.29, 0.717) is 23.2 Å². The average Bonchev–Trinajstić information content (AvgIpc) is 3.15. The Kier molecular flexibility index (Phi) is 6.88. The number of pyridine rings is 2. The number of thiophene rings is 1. The molecule has 9 heteroatoms. The number of piperidine rings is 1. The van der Waals surface area contributed by atoms with Gasteiger partial charge in [0.2, 0.25) is 0 Å². The highest BCUT2D eigenvalue weighted by Gasteiger charge is 2.24. The molecule has 6 N–H and O–H groups in total. The lowest BCUT2D eigenvalue weighted by Gasteiger charge is -2.34. The molecule has 1 fully saturated rings. The number of aliphatic hydroxyl groups excluding tert-OH is 1. The summed E-state index contributed by atoms with van der Waals surface area (Å²) in [5.41, 5.74) is 14.2. The van der Waals surface area contributed by atoms with E-state index in [1.807, 2.05) is 12.1 Å². The molecule has 1 amide bonds. The molecule has 4 rings (SSSR count). The van der Waals surface area contributed by atoms with E-state index in [-0.39, 0.29) is 0 Å². The molecule has 3 aromatic heterocycles. The van der Waals surface area contributed by atoms with Crippen molar-refractivity contribution >= 4 is 39.0 Å². The summed E-state index contributed by atoms with van der Waals surface area (Å²) in [6.45, 7) is 4.39. The zero-order chi connectivity index (χ0) is 22.7. The zero-order valence-electron chi connectivity index (χ0n) is 18.3. The maximum Gasteiger partial charge on any atom is 0.260 e. The maximum absolute atomic E-state index is 11.8. The first-order valence-corrected chi connectivity index (χ1v) is 11.9. The number of nitrogen functional groups attached to an aromatic ring is 1. The van der Waals surface area contributed by atoms with Crippen LogP contribution in [0.5, 0.6) is 0 Å². The zero-order valence-corrected chi connectivity index (χ0v) is 19.1. The van der Waals surface area contributed by atoms with E-state index in [1.54, 1.807) is 12.4 Å². The summed E-state index contributed by atoms with van der Waals surface area (Å²) in [5, 5.41) is 14.7. The number of aliphatic hydroxyl groups is 1. The van der Waals surface area contributed by atoms with Gasteiger partial charge in [-0.25, -0.2) is 4.98 Å². The van der Waals surface area contributed by atoms with Crippen LogP contribution in [0.4, 0.5) is 11.5 Å². The van der Waals surface area contributed by atoms with E-state index in [0.717, 1.165) is 65.9 Å². The van der Waals surface area contributed by atoms with Crippen molar-refractivity contribution in [2.24, 2.45) is 5.73 Å². The molecular weight excluding hydrogens is 424 g/mol. The number of hydrogen-bond donors (Lipinski definition) is 4. The number of carbonyl (C=O) groups excluding carboxylic acids is 1. The van der Waals surface area contributed by atoms with Crippen molar-refractivity contribution in [2.45, 2.75) is 44.8 Å². The number of primary amides is 1. The van der Waals surface area contributed by atoms with Gasteiger partial charge in [-0.2, -0.15) is 0 Å². The van der Waals surface area contributed by atoms with Gasteiger partial charge in [-0.05, 0) is 48.6 Å². The molecule has 3 aromatic rings. The van der Waals surface area contributed by atoms with E-state index in [2.05, 4.69) is 28.2 Å². The molecule has 8 nitrogen and oxygen atoms in total. The Balaban J connectivity index is 1.43. The van der Waals surface area contributed by atoms with Gasteiger partial charge in [-0.15, -0.1) is 11.3 Å². The summed E-state index contributed by atoms with van der Waals surface area (Å²) in [6, 6.07) is 6.14. The Morgan fingerprint density at radius 1 is 1.34 bits per heavy atom. The molecule has 1 unspecified atom stereocenters. The molecule has 1 aliphatic heterocycles. The Bertz CT molecular complexity index is 1080. The van der Waals surface area contributed by atoms with E-state index >= 15 is 0 Å². The van der Waals surface area contributed by atoms with E-state index < -0.39 is 12.0 Å². The van der Waals surface area contributed by atoms with Gasteiger partial charge in [0.25, 0.3) is 5.91 Å². The van der Waals surface area contributed by atoms with E-state index in [4.69, 9.17) is 16.5 Å². The van der Waals surface area contributed by atoms with Gasteiger partial charge in [0.1, 0.15) is 15.5 Å². The van der Waals surface area contributed by atoms with Crippen LogP contribution in [0.15, 0.2) is 30.6 Å². The summed E-state index contributed by atoms with van der Waals surface area (Å²) in [7, 11) is 0. The first kappa shape index (κ1) is 22.4. The lowest BCUT2D eigenvalue weighted by Crippen LogP contribution is -2.44. The first-order valence-electron chi connectivity index (χ1n) is 11.1. The molecule has 0 radical (unpaired) electrons. The predicted molar refractivity (Wildman–Crippen MR) is 129 cm³/mol. The number of aromatic nitrogens is 2. The third-order valence-corrected chi connectivity index (χ3v) is 7.13. The summed E-state index contributed by atoms with van der Waals surface area (Å²) in [4.78, 5) is 24.0. The number of aryl methyl sites for hydroxylation is 1. The highest BCUT2D eigenvalue weighted by Crippen LogP contribution is 2.37. The predicted octanol–water partition coefficient (Wildman–Crippen LogP) is 2.62. The number of hydrogen-bond acceptors (Lipinski definition) is 8. The summed E-state index contributed by atoms with van der Waals surface area (Å²) in [6.07, 6.45) is 6.63. The second-order valence-corrected chi connectivity index (χ2v) is 9.24. The van der Waals surface area contributed by atoms with Gasteiger partial charge in [0.15, 0.2) is 0 Å². The molecule has 0 spiro atoms. The smallest absolute Gasteiger partial charge is 0.260 e. The van der Waals surface area contributed by atoms with Crippen LogP contribution in [-0.2, 0) is 6.42 Å². The minimum atomic E-state index is -0.541. The number of anilines is 2. The lowest BCUT2D eigenvalue weighted by molar-refractivity contribution is 0.100. The van der Waals surface area contributed by atoms with Gasteiger partial charge >= 0.3 is 0 Å². The van der Waals surface area contributed by atoms with Gasteiger partial charge in [-0.1, -0.05) is 13.3 Å². The van der Waals surface area contributed by atoms with Crippen LogP contribution in [0.25, 0.3) is 10.2 Å². The van der Waals surface area contributed by atoms with Crippen LogP contribution in [0.1, 0.15) is 53.1 Å². The lowest BCUT2D eigenvalue weighted by atomic mass is 10.0. The van der Waals surface area contributed by atoms with Gasteiger partial charge in [-0.3, -0.25) is 9.78 Å². The van der Waals surface area contributed by atoms with E-state index in [1.165, 1.54) is 11.3 Å². The van der Waals surface area contributed by atoms with Crippen molar-refractivity contribution in [3.63, 3.8) is 0 Å². The van der Waals surface area contributed by atoms with Gasteiger partial charge < -0.3 is 26.8 Å². The molecule has 1 atom stereocenters. The van der Waals surface area contributed by atoms with Crippen LogP contribution in [0.2, 0.25) is 0 Å². The van der Waals surface area contributed by atoms with Gasteiger partial charge in [0.05, 0.1) is 11.8 Å². The maximum atomic E-state index is 11.8. The largest absolute Gasteiger partial charge is 0.397 e. The number of nitrogens with zero attached hydrogens (tertiary/aromatic N) is 3. The van der Waals surface area contributed by atoms with Crippen molar-refractivity contribution in [3.8, 4) is 0 Å². The number of nitrogens with two attached hydrogens (primary N) is 2. The monoisotopic (exact) mass is 454 g/mol. The fraction of sp³-hybridized carbons (Fsp3) is 0.435. The highest BCUT2D eigenvalue weighted by atomic mass is 32.1. The molecule has 1 saturated heterocycles.